The first kappa shape index (κ1) is 18.7. The number of carbonyl (C=O) groups is 1. The van der Waals surface area contributed by atoms with E-state index in [0.29, 0.717) is 12.5 Å². The molecule has 24 heavy (non-hydrogen) atoms. The number of pyridine rings is 1. The first-order valence-corrected chi connectivity index (χ1v) is 9.14. The minimum absolute atomic E-state index is 0.00647. The number of rotatable bonds is 7. The summed E-state index contributed by atoms with van der Waals surface area (Å²) < 4.78 is 1.05. The van der Waals surface area contributed by atoms with Gasteiger partial charge in [0, 0.05) is 23.6 Å². The molecule has 3 nitrogen and oxygen atoms in total. The van der Waals surface area contributed by atoms with Crippen molar-refractivity contribution >= 4 is 21.8 Å². The highest BCUT2D eigenvalue weighted by Gasteiger charge is 2.24. The number of aromatic nitrogens is 1. The number of hydrogen-bond acceptors (Lipinski definition) is 2. The second-order valence-electron chi connectivity index (χ2n) is 6.68. The molecule has 0 aliphatic heterocycles. The standard InChI is InChI=1S/C20H25BrN2O/c1-15(2)11-17(12-16-7-6-8-18(21)13-16)20(24)23(3)14-19-9-4-5-10-22-19/h4-10,13,15,17H,11-12,14H2,1-3H3/t17-/m0/s1. The summed E-state index contributed by atoms with van der Waals surface area (Å²) in [6, 6.07) is 14.0. The topological polar surface area (TPSA) is 33.2 Å². The van der Waals surface area contributed by atoms with E-state index >= 15 is 0 Å². The monoisotopic (exact) mass is 388 g/mol. The van der Waals surface area contributed by atoms with Crippen LogP contribution >= 0.6 is 15.9 Å². The van der Waals surface area contributed by atoms with Crippen LogP contribution in [0.3, 0.4) is 0 Å². The molecule has 1 heterocycles. The molecule has 2 aromatic rings. The molecule has 0 fully saturated rings. The Labute approximate surface area is 153 Å². The molecular formula is C20H25BrN2O. The van der Waals surface area contributed by atoms with Gasteiger partial charge in [-0.2, -0.15) is 0 Å². The average Bonchev–Trinajstić information content (AvgIpc) is 2.54. The SMILES string of the molecule is CC(C)C[C@@H](Cc1cccc(Br)c1)C(=O)N(C)Cc1ccccn1. The highest BCUT2D eigenvalue weighted by atomic mass is 79.9. The molecule has 1 amide bonds. The Morgan fingerprint density at radius 1 is 1.21 bits per heavy atom. The first-order valence-electron chi connectivity index (χ1n) is 8.35. The third kappa shape index (κ3) is 5.75. The lowest BCUT2D eigenvalue weighted by Gasteiger charge is -2.25. The third-order valence-electron chi connectivity index (χ3n) is 3.98. The van der Waals surface area contributed by atoms with Gasteiger partial charge in [0.1, 0.15) is 0 Å². The van der Waals surface area contributed by atoms with E-state index in [9.17, 15) is 4.79 Å². The lowest BCUT2D eigenvalue weighted by molar-refractivity contribution is -0.135. The fourth-order valence-corrected chi connectivity index (χ4v) is 3.36. The van der Waals surface area contributed by atoms with Crippen LogP contribution in [0.15, 0.2) is 53.1 Å². The predicted octanol–water partition coefficient (Wildman–Crippen LogP) is 4.71. The number of nitrogens with zero attached hydrogens (tertiary/aromatic N) is 2. The molecule has 0 saturated carbocycles. The molecule has 0 saturated heterocycles. The minimum atomic E-state index is -0.00647. The van der Waals surface area contributed by atoms with Crippen LogP contribution in [0.4, 0.5) is 0 Å². The zero-order chi connectivity index (χ0) is 17.5. The van der Waals surface area contributed by atoms with Gasteiger partial charge >= 0.3 is 0 Å². The highest BCUT2D eigenvalue weighted by Crippen LogP contribution is 2.22. The Morgan fingerprint density at radius 2 is 2.00 bits per heavy atom. The van der Waals surface area contributed by atoms with Gasteiger partial charge in [-0.3, -0.25) is 9.78 Å². The van der Waals surface area contributed by atoms with Crippen molar-refractivity contribution in [3.63, 3.8) is 0 Å². The van der Waals surface area contributed by atoms with Gasteiger partial charge in [0.05, 0.1) is 12.2 Å². The highest BCUT2D eigenvalue weighted by molar-refractivity contribution is 9.10. The van der Waals surface area contributed by atoms with E-state index in [1.165, 1.54) is 5.56 Å². The van der Waals surface area contributed by atoms with Gasteiger partial charge in [-0.05, 0) is 48.6 Å². The van der Waals surface area contributed by atoms with Crippen molar-refractivity contribution in [2.24, 2.45) is 11.8 Å². The molecule has 0 spiro atoms. The van der Waals surface area contributed by atoms with Crippen molar-refractivity contribution in [2.75, 3.05) is 7.05 Å². The van der Waals surface area contributed by atoms with Crippen LogP contribution in [0.2, 0.25) is 0 Å². The van der Waals surface area contributed by atoms with Crippen LogP contribution in [0, 0.1) is 11.8 Å². The summed E-state index contributed by atoms with van der Waals surface area (Å²) in [7, 11) is 1.87. The maximum atomic E-state index is 13.0. The van der Waals surface area contributed by atoms with Crippen molar-refractivity contribution in [1.82, 2.24) is 9.88 Å². The summed E-state index contributed by atoms with van der Waals surface area (Å²) >= 11 is 3.51. The fourth-order valence-electron chi connectivity index (χ4n) is 2.91. The fraction of sp³-hybridized carbons (Fsp3) is 0.400. The van der Waals surface area contributed by atoms with E-state index in [1.807, 2.05) is 37.4 Å². The lowest BCUT2D eigenvalue weighted by atomic mass is 9.90. The van der Waals surface area contributed by atoms with Gasteiger partial charge < -0.3 is 4.90 Å². The van der Waals surface area contributed by atoms with Gasteiger partial charge in [0.2, 0.25) is 5.91 Å². The van der Waals surface area contributed by atoms with E-state index in [-0.39, 0.29) is 11.8 Å². The molecule has 0 aliphatic carbocycles. The zero-order valence-corrected chi connectivity index (χ0v) is 16.2. The van der Waals surface area contributed by atoms with Crippen LogP contribution in [0.25, 0.3) is 0 Å². The summed E-state index contributed by atoms with van der Waals surface area (Å²) in [5.41, 5.74) is 2.11. The summed E-state index contributed by atoms with van der Waals surface area (Å²) in [5.74, 6) is 0.664. The van der Waals surface area contributed by atoms with Crippen LogP contribution in [0.5, 0.6) is 0 Å². The van der Waals surface area contributed by atoms with Crippen LogP contribution in [-0.4, -0.2) is 22.8 Å². The van der Waals surface area contributed by atoms with Crippen molar-refractivity contribution in [3.05, 3.63) is 64.4 Å². The molecule has 1 aromatic carbocycles. The largest absolute Gasteiger partial charge is 0.340 e. The van der Waals surface area contributed by atoms with Crippen LogP contribution < -0.4 is 0 Å². The minimum Gasteiger partial charge on any atom is -0.340 e. The van der Waals surface area contributed by atoms with E-state index in [4.69, 9.17) is 0 Å². The lowest BCUT2D eigenvalue weighted by Crippen LogP contribution is -2.34. The Bertz CT molecular complexity index is 658. The number of amides is 1. The quantitative estimate of drug-likeness (QED) is 0.687. The van der Waals surface area contributed by atoms with Gasteiger partial charge in [0.15, 0.2) is 0 Å². The molecule has 0 aliphatic rings. The summed E-state index contributed by atoms with van der Waals surface area (Å²) in [6.07, 6.45) is 3.42. The average molecular weight is 389 g/mol. The predicted molar refractivity (Wildman–Crippen MR) is 102 cm³/mol. The molecule has 0 radical (unpaired) electrons. The van der Waals surface area contributed by atoms with E-state index in [2.05, 4.69) is 46.9 Å². The van der Waals surface area contributed by atoms with Crippen LogP contribution in [0.1, 0.15) is 31.5 Å². The molecule has 0 bridgehead atoms. The van der Waals surface area contributed by atoms with E-state index < -0.39 is 0 Å². The van der Waals surface area contributed by atoms with Gasteiger partial charge in [-0.1, -0.05) is 48.0 Å². The van der Waals surface area contributed by atoms with Crippen molar-refractivity contribution in [1.29, 1.82) is 0 Å². The summed E-state index contributed by atoms with van der Waals surface area (Å²) in [6.45, 7) is 4.88. The second-order valence-corrected chi connectivity index (χ2v) is 7.59. The summed E-state index contributed by atoms with van der Waals surface area (Å²) in [4.78, 5) is 19.1. The van der Waals surface area contributed by atoms with Crippen molar-refractivity contribution < 1.29 is 4.79 Å². The van der Waals surface area contributed by atoms with E-state index in [0.717, 1.165) is 23.0 Å². The smallest absolute Gasteiger partial charge is 0.226 e. The number of halogens is 1. The van der Waals surface area contributed by atoms with Crippen LogP contribution in [-0.2, 0) is 17.8 Å². The maximum Gasteiger partial charge on any atom is 0.226 e. The number of benzene rings is 1. The Balaban J connectivity index is 2.09. The molecule has 4 heteroatoms. The number of hydrogen-bond donors (Lipinski definition) is 0. The molecule has 1 atom stereocenters. The molecule has 1 aromatic heterocycles. The van der Waals surface area contributed by atoms with Gasteiger partial charge in [-0.15, -0.1) is 0 Å². The van der Waals surface area contributed by atoms with Crippen molar-refractivity contribution in [3.8, 4) is 0 Å². The maximum absolute atomic E-state index is 13.0. The van der Waals surface area contributed by atoms with E-state index in [1.54, 1.807) is 11.1 Å². The number of carbonyl (C=O) groups excluding carboxylic acids is 1. The molecule has 128 valence electrons. The second kappa shape index (κ2) is 8.97. The van der Waals surface area contributed by atoms with Gasteiger partial charge in [-0.25, -0.2) is 0 Å². The molecule has 0 N–H and O–H groups in total. The molecule has 0 unspecified atom stereocenters. The molecule has 2 rings (SSSR count). The normalized spacial score (nSPS) is 12.2. The Kier molecular flexibility index (Phi) is 6.98. The third-order valence-corrected chi connectivity index (χ3v) is 4.47. The Hall–Kier alpha value is -1.68. The molecular weight excluding hydrogens is 364 g/mol. The first-order chi connectivity index (χ1) is 11.5. The van der Waals surface area contributed by atoms with Gasteiger partial charge in [0.25, 0.3) is 0 Å². The Morgan fingerprint density at radius 3 is 2.62 bits per heavy atom. The van der Waals surface area contributed by atoms with Crippen molar-refractivity contribution in [2.45, 2.75) is 33.2 Å². The zero-order valence-electron chi connectivity index (χ0n) is 14.6. The summed E-state index contributed by atoms with van der Waals surface area (Å²) in [5, 5.41) is 0.